The predicted octanol–water partition coefficient (Wildman–Crippen LogP) is 5.61. The fourth-order valence-electron chi connectivity index (χ4n) is 5.09. The molecule has 174 valence electrons. The van der Waals surface area contributed by atoms with Crippen molar-refractivity contribution in [3.8, 4) is 0 Å². The minimum Gasteiger partial charge on any atom is -0.396 e. The molecule has 7 heteroatoms. The first-order chi connectivity index (χ1) is 15.4. The normalized spacial score (nSPS) is 21.6. The Morgan fingerprint density at radius 2 is 2.03 bits per heavy atom. The van der Waals surface area contributed by atoms with Gasteiger partial charge in [0.1, 0.15) is 23.2 Å². The van der Waals surface area contributed by atoms with Gasteiger partial charge in [-0.1, -0.05) is 31.5 Å². The number of aromatic nitrogens is 3. The minimum absolute atomic E-state index is 0.00416. The van der Waals surface area contributed by atoms with Crippen LogP contribution in [0.15, 0.2) is 18.2 Å². The highest BCUT2D eigenvalue weighted by atomic mass is 35.5. The van der Waals surface area contributed by atoms with Gasteiger partial charge in [-0.05, 0) is 68.1 Å². The maximum Gasteiger partial charge on any atom is 0.138 e. The van der Waals surface area contributed by atoms with E-state index in [2.05, 4.69) is 28.6 Å². The molecule has 2 fully saturated rings. The van der Waals surface area contributed by atoms with E-state index in [-0.39, 0.29) is 36.2 Å². The summed E-state index contributed by atoms with van der Waals surface area (Å²) in [6.45, 7) is 4.53. The van der Waals surface area contributed by atoms with E-state index in [0.29, 0.717) is 29.9 Å². The lowest BCUT2D eigenvalue weighted by Crippen LogP contribution is -2.26. The molecule has 1 heterocycles. The van der Waals surface area contributed by atoms with Crippen LogP contribution in [0, 0.1) is 17.7 Å². The number of aliphatic hydroxyl groups is 1. The molecule has 2 aliphatic rings. The molecular formula is C25H33ClFN3O2. The molecule has 0 unspecified atom stereocenters. The SMILES string of the molecule is CC(C)CC1CC(c2nnc([C@@H](CCO)CC(=O)Cc3ccc(F)cc3Cl)n2C2CC2)C1. The van der Waals surface area contributed by atoms with E-state index in [1.807, 2.05) is 0 Å². The average Bonchev–Trinajstić information content (AvgIpc) is 3.45. The molecule has 0 aliphatic heterocycles. The highest BCUT2D eigenvalue weighted by Gasteiger charge is 2.39. The van der Waals surface area contributed by atoms with Crippen LogP contribution < -0.4 is 0 Å². The van der Waals surface area contributed by atoms with Gasteiger partial charge in [0.25, 0.3) is 0 Å². The molecule has 2 saturated carbocycles. The van der Waals surface area contributed by atoms with Crippen molar-refractivity contribution in [3.63, 3.8) is 0 Å². The van der Waals surface area contributed by atoms with Gasteiger partial charge in [-0.15, -0.1) is 10.2 Å². The van der Waals surface area contributed by atoms with E-state index >= 15 is 0 Å². The average molecular weight is 462 g/mol. The second-order valence-electron chi connectivity index (χ2n) is 10.0. The Balaban J connectivity index is 1.48. The lowest BCUT2D eigenvalue weighted by Gasteiger charge is -2.36. The summed E-state index contributed by atoms with van der Waals surface area (Å²) < 4.78 is 15.6. The van der Waals surface area contributed by atoms with E-state index in [0.717, 1.165) is 43.3 Å². The fraction of sp³-hybridized carbons (Fsp3) is 0.640. The summed E-state index contributed by atoms with van der Waals surface area (Å²) in [5.41, 5.74) is 0.621. The van der Waals surface area contributed by atoms with Crippen molar-refractivity contribution >= 4 is 17.4 Å². The largest absolute Gasteiger partial charge is 0.396 e. The lowest BCUT2D eigenvalue weighted by molar-refractivity contribution is -0.118. The van der Waals surface area contributed by atoms with Crippen molar-refractivity contribution in [2.45, 2.75) is 83.1 Å². The second kappa shape index (κ2) is 10.0. The van der Waals surface area contributed by atoms with Crippen molar-refractivity contribution in [2.24, 2.45) is 11.8 Å². The van der Waals surface area contributed by atoms with Gasteiger partial charge in [-0.25, -0.2) is 4.39 Å². The zero-order chi connectivity index (χ0) is 22.8. The van der Waals surface area contributed by atoms with Crippen molar-refractivity contribution < 1.29 is 14.3 Å². The van der Waals surface area contributed by atoms with Gasteiger partial charge in [0.2, 0.25) is 0 Å². The van der Waals surface area contributed by atoms with E-state index in [9.17, 15) is 14.3 Å². The zero-order valence-corrected chi connectivity index (χ0v) is 19.7. The van der Waals surface area contributed by atoms with Crippen LogP contribution in [0.3, 0.4) is 0 Å². The topological polar surface area (TPSA) is 68.0 Å². The minimum atomic E-state index is -0.416. The molecule has 0 amide bonds. The third-order valence-electron chi connectivity index (χ3n) is 6.79. The lowest BCUT2D eigenvalue weighted by atomic mass is 9.71. The van der Waals surface area contributed by atoms with E-state index in [1.54, 1.807) is 6.07 Å². The van der Waals surface area contributed by atoms with Crippen LogP contribution in [0.4, 0.5) is 4.39 Å². The standard InChI is InChI=1S/C25H33ClFN3O2/c1-15(2)9-16-10-19(11-16)25-29-28-24(30(25)21-5-6-21)18(7-8-31)13-22(32)12-17-3-4-20(27)14-23(17)26/h3-4,14-16,18-19,21,31H,5-13H2,1-2H3/t16?,18-,19?/m0/s1. The Hall–Kier alpha value is -1.79. The van der Waals surface area contributed by atoms with E-state index in [1.165, 1.54) is 18.6 Å². The Kier molecular flexibility index (Phi) is 7.30. The summed E-state index contributed by atoms with van der Waals surface area (Å²) in [5, 5.41) is 19.1. The number of nitrogens with zero attached hydrogens (tertiary/aromatic N) is 3. The monoisotopic (exact) mass is 461 g/mol. The molecule has 4 rings (SSSR count). The highest BCUT2D eigenvalue weighted by Crippen LogP contribution is 2.48. The summed E-state index contributed by atoms with van der Waals surface area (Å²) in [7, 11) is 0. The Morgan fingerprint density at radius 1 is 1.28 bits per heavy atom. The third-order valence-corrected chi connectivity index (χ3v) is 7.14. The quantitative estimate of drug-likeness (QED) is 0.472. The summed E-state index contributed by atoms with van der Waals surface area (Å²) in [6, 6.07) is 4.53. The number of carbonyl (C=O) groups excluding carboxylic acids is 1. The van der Waals surface area contributed by atoms with Crippen LogP contribution in [0.5, 0.6) is 0 Å². The molecule has 0 saturated heterocycles. The third kappa shape index (κ3) is 5.40. The first-order valence-electron chi connectivity index (χ1n) is 11.9. The molecule has 0 radical (unpaired) electrons. The van der Waals surface area contributed by atoms with Crippen LogP contribution in [-0.4, -0.2) is 32.3 Å². The molecule has 32 heavy (non-hydrogen) atoms. The summed E-state index contributed by atoms with van der Waals surface area (Å²) in [4.78, 5) is 12.9. The number of ketones is 1. The Bertz CT molecular complexity index is 951. The van der Waals surface area contributed by atoms with Gasteiger partial charge in [0, 0.05) is 42.3 Å². The number of carbonyl (C=O) groups is 1. The van der Waals surface area contributed by atoms with Gasteiger partial charge < -0.3 is 9.67 Å². The number of halogens is 2. The van der Waals surface area contributed by atoms with Crippen molar-refractivity contribution in [1.82, 2.24) is 14.8 Å². The maximum absolute atomic E-state index is 13.3. The van der Waals surface area contributed by atoms with E-state index in [4.69, 9.17) is 11.6 Å². The Morgan fingerprint density at radius 3 is 2.66 bits per heavy atom. The molecule has 1 aromatic carbocycles. The van der Waals surface area contributed by atoms with Crippen molar-refractivity contribution in [1.29, 1.82) is 0 Å². The second-order valence-corrected chi connectivity index (χ2v) is 10.5. The van der Waals surface area contributed by atoms with Gasteiger partial charge in [0.05, 0.1) is 0 Å². The van der Waals surface area contributed by atoms with Gasteiger partial charge in [-0.3, -0.25) is 4.79 Å². The first kappa shape index (κ1) is 23.4. The van der Waals surface area contributed by atoms with Crippen LogP contribution in [0.25, 0.3) is 0 Å². The highest BCUT2D eigenvalue weighted by molar-refractivity contribution is 6.31. The Labute approximate surface area is 194 Å². The number of hydrogen-bond acceptors (Lipinski definition) is 4. The smallest absolute Gasteiger partial charge is 0.138 e. The van der Waals surface area contributed by atoms with Gasteiger partial charge in [-0.2, -0.15) is 0 Å². The molecule has 5 nitrogen and oxygen atoms in total. The van der Waals surface area contributed by atoms with Crippen molar-refractivity contribution in [3.05, 3.63) is 46.3 Å². The molecule has 1 aromatic heterocycles. The molecule has 0 spiro atoms. The van der Waals surface area contributed by atoms with Crippen LogP contribution in [0.1, 0.15) is 93.9 Å². The molecular weight excluding hydrogens is 429 g/mol. The molecule has 0 bridgehead atoms. The first-order valence-corrected chi connectivity index (χ1v) is 12.2. The van der Waals surface area contributed by atoms with Crippen LogP contribution >= 0.6 is 11.6 Å². The van der Waals surface area contributed by atoms with Crippen LogP contribution in [0.2, 0.25) is 5.02 Å². The molecule has 1 atom stereocenters. The van der Waals surface area contributed by atoms with E-state index < -0.39 is 5.82 Å². The van der Waals surface area contributed by atoms with Crippen LogP contribution in [-0.2, 0) is 11.2 Å². The summed E-state index contributed by atoms with van der Waals surface area (Å²) in [5.74, 6) is 3.24. The molecule has 1 N–H and O–H groups in total. The number of hydrogen-bond donors (Lipinski definition) is 1. The maximum atomic E-state index is 13.3. The molecule has 2 aromatic rings. The predicted molar refractivity (Wildman–Crippen MR) is 122 cm³/mol. The summed E-state index contributed by atoms with van der Waals surface area (Å²) in [6.07, 6.45) is 6.69. The van der Waals surface area contributed by atoms with Gasteiger partial charge >= 0.3 is 0 Å². The zero-order valence-electron chi connectivity index (χ0n) is 18.9. The molecule has 2 aliphatic carbocycles. The van der Waals surface area contributed by atoms with Crippen molar-refractivity contribution in [2.75, 3.05) is 6.61 Å². The number of rotatable bonds is 11. The fourth-order valence-corrected chi connectivity index (χ4v) is 5.32. The summed E-state index contributed by atoms with van der Waals surface area (Å²) >= 11 is 6.11. The van der Waals surface area contributed by atoms with Gasteiger partial charge in [0.15, 0.2) is 0 Å². The number of aliphatic hydroxyl groups excluding tert-OH is 1. The number of Topliss-reactive ketones (excluding diaryl/α,β-unsaturated/α-hetero) is 1. The number of benzene rings is 1.